The Bertz CT molecular complexity index is 910. The average molecular weight is 684 g/mol. The summed E-state index contributed by atoms with van der Waals surface area (Å²) >= 11 is 0. The number of hydrogen-bond donors (Lipinski definition) is 11. The summed E-state index contributed by atoms with van der Waals surface area (Å²) in [5.74, 6) is -0.607. The number of aliphatic hydroxyl groups excluding tert-OH is 9. The van der Waals surface area contributed by atoms with Crippen LogP contribution in [0.15, 0.2) is 0 Å². The van der Waals surface area contributed by atoms with Gasteiger partial charge in [0.15, 0.2) is 12.6 Å². The fourth-order valence-corrected chi connectivity index (χ4v) is 6.41. The van der Waals surface area contributed by atoms with Crippen molar-refractivity contribution in [2.45, 2.75) is 144 Å². The predicted molar refractivity (Wildman–Crippen MR) is 163 cm³/mol. The minimum Gasteiger partial charge on any atom is -0.394 e. The van der Waals surface area contributed by atoms with E-state index in [0.29, 0.717) is 13.1 Å². The van der Waals surface area contributed by atoms with Crippen molar-refractivity contribution in [1.82, 2.24) is 10.2 Å². The lowest BCUT2D eigenvalue weighted by atomic mass is 9.93. The Morgan fingerprint density at radius 1 is 0.766 bits per heavy atom. The Balaban J connectivity index is 1.71. The number of unbranched alkanes of at least 4 members (excludes halogenated alkanes) is 7. The zero-order chi connectivity index (χ0) is 34.7. The van der Waals surface area contributed by atoms with Gasteiger partial charge < -0.3 is 76.0 Å². The molecule has 0 aromatic heterocycles. The summed E-state index contributed by atoms with van der Waals surface area (Å²) in [5.41, 5.74) is 5.54. The second-order valence-electron chi connectivity index (χ2n) is 12.8. The predicted octanol–water partition coefficient (Wildman–Crippen LogP) is -4.38. The minimum atomic E-state index is -1.75. The summed E-state index contributed by atoms with van der Waals surface area (Å²) in [7, 11) is 0. The quantitative estimate of drug-likeness (QED) is 0.0609. The van der Waals surface area contributed by atoms with Crippen LogP contribution in [0, 0.1) is 0 Å². The van der Waals surface area contributed by atoms with Crippen molar-refractivity contribution in [2.24, 2.45) is 5.73 Å². The summed E-state index contributed by atoms with van der Waals surface area (Å²) in [5, 5.41) is 96.3. The van der Waals surface area contributed by atoms with Crippen LogP contribution in [-0.2, 0) is 23.7 Å². The van der Waals surface area contributed by atoms with Crippen LogP contribution in [0.25, 0.3) is 0 Å². The van der Waals surface area contributed by atoms with Gasteiger partial charge in [-0.1, -0.05) is 38.5 Å². The third kappa shape index (κ3) is 10.9. The number of ether oxygens (including phenoxy) is 4. The molecule has 0 aliphatic carbocycles. The normalized spacial score (nSPS) is 40.0. The smallest absolute Gasteiger partial charge is 0.217 e. The molecule has 3 saturated heterocycles. The van der Waals surface area contributed by atoms with Gasteiger partial charge in [0.1, 0.15) is 61.0 Å². The molecule has 3 fully saturated rings. The first-order chi connectivity index (χ1) is 22.4. The van der Waals surface area contributed by atoms with Crippen molar-refractivity contribution in [2.75, 3.05) is 39.5 Å². The highest BCUT2D eigenvalue weighted by Crippen LogP contribution is 2.31. The maximum absolute atomic E-state index is 11.9. The molecule has 14 atom stereocenters. The molecule has 3 aliphatic rings. The zero-order valence-electron chi connectivity index (χ0n) is 27.1. The van der Waals surface area contributed by atoms with Crippen molar-refractivity contribution in [1.29, 1.82) is 0 Å². The van der Waals surface area contributed by atoms with E-state index < -0.39 is 105 Å². The Kier molecular flexibility index (Phi) is 17.1. The van der Waals surface area contributed by atoms with Crippen molar-refractivity contribution >= 4 is 5.91 Å². The number of hydrogen-bond acceptors (Lipinski definition) is 16. The first-order valence-electron chi connectivity index (χ1n) is 16.7. The molecule has 0 radical (unpaired) electrons. The average Bonchev–Trinajstić information content (AvgIpc) is 3.04. The van der Waals surface area contributed by atoms with E-state index >= 15 is 0 Å². The van der Waals surface area contributed by atoms with Crippen LogP contribution < -0.4 is 11.1 Å². The number of amides is 1. The van der Waals surface area contributed by atoms with Crippen LogP contribution in [0.5, 0.6) is 0 Å². The topological polar surface area (TPSA) is 277 Å². The van der Waals surface area contributed by atoms with Crippen molar-refractivity contribution < 1.29 is 69.7 Å². The maximum Gasteiger partial charge on any atom is 0.217 e. The van der Waals surface area contributed by atoms with Crippen LogP contribution in [0.2, 0.25) is 0 Å². The summed E-state index contributed by atoms with van der Waals surface area (Å²) < 4.78 is 23.2. The highest BCUT2D eigenvalue weighted by molar-refractivity contribution is 5.73. The number of likely N-dealkylation sites (tertiary alicyclic amines) is 1. The molecule has 3 heterocycles. The van der Waals surface area contributed by atoms with E-state index in [1.807, 2.05) is 0 Å². The van der Waals surface area contributed by atoms with E-state index in [2.05, 4.69) is 5.32 Å². The Labute approximate surface area is 275 Å². The molecule has 47 heavy (non-hydrogen) atoms. The number of carbonyl (C=O) groups excluding carboxylic acids is 1. The number of nitrogens with zero attached hydrogens (tertiary/aromatic N) is 1. The highest BCUT2D eigenvalue weighted by atomic mass is 16.8. The van der Waals surface area contributed by atoms with Crippen LogP contribution >= 0.6 is 0 Å². The molecule has 0 aromatic carbocycles. The summed E-state index contributed by atoms with van der Waals surface area (Å²) in [6.45, 7) is 0.700. The van der Waals surface area contributed by atoms with Crippen molar-refractivity contribution in [3.05, 3.63) is 0 Å². The Hall–Kier alpha value is -1.13. The number of rotatable bonds is 18. The van der Waals surface area contributed by atoms with E-state index in [1.54, 1.807) is 4.90 Å². The fourth-order valence-electron chi connectivity index (χ4n) is 6.41. The Morgan fingerprint density at radius 3 is 1.89 bits per heavy atom. The van der Waals surface area contributed by atoms with E-state index in [1.165, 1.54) is 0 Å². The SMILES string of the molecule is CC(=O)N[C@H]1[C@H](O[C@@H]2[C@@H](OC[C@@H]3[C@@H](O)[C@H](O)[C@H](O)CN3CCCCCCCCCCN)O[C@H](CO)[C@@H](O)[C@@H]2O)O[C@H](CO)[C@@H](O)[C@@H]1O. The van der Waals surface area contributed by atoms with Crippen LogP contribution in [0.4, 0.5) is 0 Å². The standard InChI is InChI=1S/C30H57N3O14/c1-16(36)32-21-26(42)24(40)19(13-34)45-29(21)47-28-27(43)25(41)20(14-35)46-30(28)44-15-17-22(38)23(39)18(37)12-33(17)11-9-7-5-3-2-4-6-8-10-31/h17-30,34-35,37-43H,2-15,31H2,1H3,(H,32,36)/t17-,18-,19-,20-,21-,22-,23-,24-,25-,26-,27+,28+,29+,30+/m1/s1. The molecule has 3 rings (SSSR count). The van der Waals surface area contributed by atoms with E-state index in [0.717, 1.165) is 58.3 Å². The highest BCUT2D eigenvalue weighted by Gasteiger charge is 2.52. The van der Waals surface area contributed by atoms with Crippen LogP contribution in [0.1, 0.15) is 58.3 Å². The molecule has 12 N–H and O–H groups in total. The molecule has 17 nitrogen and oxygen atoms in total. The molecule has 1 amide bonds. The molecular formula is C30H57N3O14. The first-order valence-corrected chi connectivity index (χ1v) is 16.7. The summed E-state index contributed by atoms with van der Waals surface area (Å²) in [6, 6.07) is -2.19. The molecule has 0 unspecified atom stereocenters. The molecule has 3 aliphatic heterocycles. The number of β-amino-alcohol motifs (C(OH)–C–C–N with tert-alkyl or cyclic N) is 1. The number of aliphatic hydroxyl groups is 9. The lowest BCUT2D eigenvalue weighted by molar-refractivity contribution is -0.357. The monoisotopic (exact) mass is 683 g/mol. The van der Waals surface area contributed by atoms with E-state index in [4.69, 9.17) is 24.7 Å². The van der Waals surface area contributed by atoms with Crippen molar-refractivity contribution in [3.8, 4) is 0 Å². The van der Waals surface area contributed by atoms with Gasteiger partial charge in [-0.05, 0) is 25.9 Å². The first kappa shape index (κ1) is 40.3. The van der Waals surface area contributed by atoms with Gasteiger partial charge >= 0.3 is 0 Å². The molecule has 0 saturated carbocycles. The second kappa shape index (κ2) is 19.9. The summed E-state index contributed by atoms with van der Waals surface area (Å²) in [4.78, 5) is 13.7. The maximum atomic E-state index is 11.9. The van der Waals surface area contributed by atoms with Gasteiger partial charge in [0.25, 0.3) is 0 Å². The van der Waals surface area contributed by atoms with Gasteiger partial charge in [-0.3, -0.25) is 9.69 Å². The minimum absolute atomic E-state index is 0.0640. The Morgan fingerprint density at radius 2 is 1.32 bits per heavy atom. The van der Waals surface area contributed by atoms with Gasteiger partial charge in [-0.2, -0.15) is 0 Å². The number of nitrogens with two attached hydrogens (primary N) is 1. The lowest BCUT2D eigenvalue weighted by Crippen LogP contribution is -2.68. The summed E-state index contributed by atoms with van der Waals surface area (Å²) in [6.07, 6.45) is -9.80. The van der Waals surface area contributed by atoms with Crippen LogP contribution in [-0.4, -0.2) is 182 Å². The van der Waals surface area contributed by atoms with Gasteiger partial charge in [0.2, 0.25) is 5.91 Å². The molecule has 276 valence electrons. The second-order valence-corrected chi connectivity index (χ2v) is 12.8. The lowest BCUT2D eigenvalue weighted by Gasteiger charge is -2.48. The van der Waals surface area contributed by atoms with Gasteiger partial charge in [-0.15, -0.1) is 0 Å². The largest absolute Gasteiger partial charge is 0.394 e. The number of carbonyl (C=O) groups is 1. The van der Waals surface area contributed by atoms with Gasteiger partial charge in [0, 0.05) is 13.5 Å². The van der Waals surface area contributed by atoms with Gasteiger partial charge in [-0.25, -0.2) is 0 Å². The molecule has 0 spiro atoms. The van der Waals surface area contributed by atoms with Crippen LogP contribution in [0.3, 0.4) is 0 Å². The van der Waals surface area contributed by atoms with E-state index in [9.17, 15) is 50.8 Å². The molecule has 0 aromatic rings. The number of piperidine rings is 1. The molecule has 17 heteroatoms. The third-order valence-electron chi connectivity index (χ3n) is 9.23. The fraction of sp³-hybridized carbons (Fsp3) is 0.967. The third-order valence-corrected chi connectivity index (χ3v) is 9.23. The van der Waals surface area contributed by atoms with Crippen molar-refractivity contribution in [3.63, 3.8) is 0 Å². The molecular weight excluding hydrogens is 626 g/mol. The van der Waals surface area contributed by atoms with Gasteiger partial charge in [0.05, 0.1) is 32.0 Å². The zero-order valence-corrected chi connectivity index (χ0v) is 27.1. The number of nitrogens with one attached hydrogen (secondary N) is 1. The van der Waals surface area contributed by atoms with E-state index in [-0.39, 0.29) is 13.2 Å². The molecule has 0 bridgehead atoms.